The zero-order chi connectivity index (χ0) is 19.1. The molecule has 0 radical (unpaired) electrons. The van der Waals surface area contributed by atoms with Gasteiger partial charge in [0, 0.05) is 7.11 Å². The number of imidazole rings is 1. The van der Waals surface area contributed by atoms with Crippen molar-refractivity contribution in [2.24, 2.45) is 0 Å². The standard InChI is InChI=1S/C15H19N5O7/c1-23-3-6-25-10-9(8(21)15(22)24-2)27-14(11(10)26-6)20-5-19-7-12(16)17-4-18-13(7)20/h4-6,8-11,14,21H,3H2,1-2H3,(H2,16,17,18)/t6?,8?,9-,10-,11-,14-/m1/s1. The fourth-order valence-corrected chi connectivity index (χ4v) is 3.35. The fourth-order valence-electron chi connectivity index (χ4n) is 3.35. The number of ether oxygens (including phenoxy) is 5. The van der Waals surface area contributed by atoms with E-state index in [0.717, 1.165) is 0 Å². The quantitative estimate of drug-likeness (QED) is 0.588. The predicted molar refractivity (Wildman–Crippen MR) is 87.1 cm³/mol. The Labute approximate surface area is 153 Å². The molecule has 0 aromatic carbocycles. The highest BCUT2D eigenvalue weighted by Crippen LogP contribution is 2.41. The number of carbonyl (C=O) groups is 1. The van der Waals surface area contributed by atoms with Gasteiger partial charge in [0.25, 0.3) is 0 Å². The average Bonchev–Trinajstić information content (AvgIpc) is 3.34. The smallest absolute Gasteiger partial charge is 0.337 e. The SMILES string of the molecule is COCC1O[C@@H]2[C@H](O1)[C@@H](C(O)C(=O)OC)O[C@H]2n1cnc2c(N)ncnc21. The van der Waals surface area contributed by atoms with Gasteiger partial charge in [-0.25, -0.2) is 19.7 Å². The molecule has 2 unspecified atom stereocenters. The molecule has 6 atom stereocenters. The van der Waals surface area contributed by atoms with Crippen LogP contribution in [-0.2, 0) is 28.5 Å². The summed E-state index contributed by atoms with van der Waals surface area (Å²) < 4.78 is 28.9. The number of aliphatic hydroxyl groups excluding tert-OH is 1. The lowest BCUT2D eigenvalue weighted by atomic mass is 10.1. The average molecular weight is 381 g/mol. The number of nitrogens with two attached hydrogens (primary N) is 1. The van der Waals surface area contributed by atoms with Crippen LogP contribution in [-0.4, -0.2) is 82.1 Å². The second-order valence-electron chi connectivity index (χ2n) is 6.13. The number of aromatic nitrogens is 4. The van der Waals surface area contributed by atoms with Crippen molar-refractivity contribution in [3.63, 3.8) is 0 Å². The highest BCUT2D eigenvalue weighted by Gasteiger charge is 2.57. The number of carbonyl (C=O) groups excluding carboxylic acids is 1. The van der Waals surface area contributed by atoms with Crippen LogP contribution < -0.4 is 5.73 Å². The van der Waals surface area contributed by atoms with Gasteiger partial charge in [0.1, 0.15) is 30.2 Å². The van der Waals surface area contributed by atoms with E-state index in [9.17, 15) is 9.90 Å². The van der Waals surface area contributed by atoms with Crippen LogP contribution in [0.3, 0.4) is 0 Å². The van der Waals surface area contributed by atoms with Gasteiger partial charge in [-0.05, 0) is 0 Å². The number of nitrogens with zero attached hydrogens (tertiary/aromatic N) is 4. The normalized spacial score (nSPS) is 31.1. The lowest BCUT2D eigenvalue weighted by Gasteiger charge is -2.22. The van der Waals surface area contributed by atoms with Crippen molar-refractivity contribution in [3.8, 4) is 0 Å². The molecule has 2 aliphatic heterocycles. The molecule has 0 spiro atoms. The van der Waals surface area contributed by atoms with Gasteiger partial charge in [-0.2, -0.15) is 0 Å². The molecular weight excluding hydrogens is 362 g/mol. The van der Waals surface area contributed by atoms with E-state index in [0.29, 0.717) is 11.2 Å². The Hall–Kier alpha value is -2.38. The van der Waals surface area contributed by atoms with Gasteiger partial charge < -0.3 is 34.5 Å². The zero-order valence-electron chi connectivity index (χ0n) is 14.6. The molecule has 4 rings (SSSR count). The number of aliphatic hydroxyl groups is 1. The number of rotatable bonds is 5. The number of nitrogen functional groups attached to an aromatic ring is 1. The van der Waals surface area contributed by atoms with Crippen LogP contribution in [0.25, 0.3) is 11.2 Å². The summed E-state index contributed by atoms with van der Waals surface area (Å²) in [6.07, 6.45) is -2.56. The van der Waals surface area contributed by atoms with Crippen molar-refractivity contribution in [1.82, 2.24) is 19.5 Å². The minimum Gasteiger partial charge on any atom is -0.467 e. The largest absolute Gasteiger partial charge is 0.467 e. The van der Waals surface area contributed by atoms with Gasteiger partial charge in [0.05, 0.1) is 20.0 Å². The van der Waals surface area contributed by atoms with Crippen molar-refractivity contribution in [3.05, 3.63) is 12.7 Å². The Balaban J connectivity index is 1.69. The molecule has 0 saturated carbocycles. The van der Waals surface area contributed by atoms with Crippen molar-refractivity contribution in [1.29, 1.82) is 0 Å². The number of methoxy groups -OCH3 is 2. The van der Waals surface area contributed by atoms with Gasteiger partial charge in [0.2, 0.25) is 0 Å². The van der Waals surface area contributed by atoms with Crippen LogP contribution in [0.15, 0.2) is 12.7 Å². The van der Waals surface area contributed by atoms with E-state index in [4.69, 9.17) is 24.7 Å². The van der Waals surface area contributed by atoms with Crippen LogP contribution in [0.5, 0.6) is 0 Å². The lowest BCUT2D eigenvalue weighted by molar-refractivity contribution is -0.187. The molecule has 2 aliphatic rings. The number of hydrogen-bond acceptors (Lipinski definition) is 11. The molecule has 2 aromatic rings. The highest BCUT2D eigenvalue weighted by molar-refractivity contribution is 5.81. The second-order valence-corrected chi connectivity index (χ2v) is 6.13. The zero-order valence-corrected chi connectivity index (χ0v) is 14.6. The first-order valence-electron chi connectivity index (χ1n) is 8.19. The van der Waals surface area contributed by atoms with Gasteiger partial charge in [-0.15, -0.1) is 0 Å². The van der Waals surface area contributed by atoms with Crippen molar-refractivity contribution < 1.29 is 33.6 Å². The van der Waals surface area contributed by atoms with E-state index < -0.39 is 42.9 Å². The minimum atomic E-state index is -1.55. The molecule has 2 fully saturated rings. The molecule has 0 aliphatic carbocycles. The Kier molecular flexibility index (Phi) is 4.65. The maximum absolute atomic E-state index is 11.8. The summed E-state index contributed by atoms with van der Waals surface area (Å²) in [5.41, 5.74) is 6.66. The van der Waals surface area contributed by atoms with Crippen molar-refractivity contribution in [2.75, 3.05) is 26.6 Å². The first-order chi connectivity index (χ1) is 13.0. The summed E-state index contributed by atoms with van der Waals surface area (Å²) in [5.74, 6) is -0.611. The first-order valence-corrected chi connectivity index (χ1v) is 8.19. The molecule has 3 N–H and O–H groups in total. The van der Waals surface area contributed by atoms with E-state index in [1.165, 1.54) is 26.9 Å². The fraction of sp³-hybridized carbons (Fsp3) is 0.600. The van der Waals surface area contributed by atoms with E-state index in [2.05, 4.69) is 19.7 Å². The second kappa shape index (κ2) is 6.98. The van der Waals surface area contributed by atoms with Gasteiger partial charge in [-0.3, -0.25) is 4.57 Å². The Morgan fingerprint density at radius 1 is 1.30 bits per heavy atom. The summed E-state index contributed by atoms with van der Waals surface area (Å²) in [5, 5.41) is 10.3. The topological polar surface area (TPSA) is 153 Å². The van der Waals surface area contributed by atoms with E-state index in [-0.39, 0.29) is 12.4 Å². The van der Waals surface area contributed by atoms with E-state index in [1.54, 1.807) is 4.57 Å². The number of anilines is 1. The van der Waals surface area contributed by atoms with Gasteiger partial charge in [-0.1, -0.05) is 0 Å². The Morgan fingerprint density at radius 3 is 2.81 bits per heavy atom. The third kappa shape index (κ3) is 2.91. The molecule has 2 aromatic heterocycles. The molecule has 0 bridgehead atoms. The summed E-state index contributed by atoms with van der Waals surface area (Å²) in [4.78, 5) is 24.1. The summed E-state index contributed by atoms with van der Waals surface area (Å²) >= 11 is 0. The Morgan fingerprint density at radius 2 is 2.07 bits per heavy atom. The van der Waals surface area contributed by atoms with Crippen LogP contribution in [0.4, 0.5) is 5.82 Å². The molecule has 146 valence electrons. The predicted octanol–water partition coefficient (Wildman–Crippen LogP) is -1.40. The molecule has 2 saturated heterocycles. The van der Waals surface area contributed by atoms with Gasteiger partial charge >= 0.3 is 5.97 Å². The summed E-state index contributed by atoms with van der Waals surface area (Å²) in [6, 6.07) is 0. The van der Waals surface area contributed by atoms with Crippen molar-refractivity contribution in [2.45, 2.75) is 36.9 Å². The summed E-state index contributed by atoms with van der Waals surface area (Å²) in [6.45, 7) is 0.181. The maximum Gasteiger partial charge on any atom is 0.337 e. The summed E-state index contributed by atoms with van der Waals surface area (Å²) in [7, 11) is 2.69. The number of fused-ring (bicyclic) bond motifs is 2. The first kappa shape index (κ1) is 18.0. The third-order valence-electron chi connectivity index (χ3n) is 4.56. The maximum atomic E-state index is 11.8. The van der Waals surface area contributed by atoms with Crippen LogP contribution in [0, 0.1) is 0 Å². The van der Waals surface area contributed by atoms with E-state index in [1.807, 2.05) is 0 Å². The molecule has 4 heterocycles. The molecule has 12 nitrogen and oxygen atoms in total. The molecule has 12 heteroatoms. The molecule has 27 heavy (non-hydrogen) atoms. The van der Waals surface area contributed by atoms with E-state index >= 15 is 0 Å². The van der Waals surface area contributed by atoms with Crippen LogP contribution in [0.1, 0.15) is 6.23 Å². The van der Waals surface area contributed by atoms with Crippen LogP contribution >= 0.6 is 0 Å². The Bertz CT molecular complexity index is 845. The lowest BCUT2D eigenvalue weighted by Crippen LogP contribution is -2.43. The minimum absolute atomic E-state index is 0.181. The molecular formula is C15H19N5O7. The third-order valence-corrected chi connectivity index (χ3v) is 4.56. The number of hydrogen-bond donors (Lipinski definition) is 2. The molecule has 0 amide bonds. The van der Waals surface area contributed by atoms with Crippen LogP contribution in [0.2, 0.25) is 0 Å². The van der Waals surface area contributed by atoms with Gasteiger partial charge in [0.15, 0.2) is 30.1 Å². The van der Waals surface area contributed by atoms with Crippen molar-refractivity contribution >= 4 is 23.0 Å². The monoisotopic (exact) mass is 381 g/mol. The highest BCUT2D eigenvalue weighted by atomic mass is 16.8. The number of esters is 1.